The summed E-state index contributed by atoms with van der Waals surface area (Å²) in [5, 5.41) is 32.0. The van der Waals surface area contributed by atoms with Crippen molar-refractivity contribution in [2.24, 2.45) is 73.9 Å². The smallest absolute Gasteiger partial charge is 0.335 e. The molecule has 13 unspecified atom stereocenters. The summed E-state index contributed by atoms with van der Waals surface area (Å²) in [5.74, 6) is -0.962. The maximum atomic E-state index is 13.3. The molecule has 11 nitrogen and oxygen atoms in total. The summed E-state index contributed by atoms with van der Waals surface area (Å²) in [6.45, 7) is 15.4. The lowest BCUT2D eigenvalue weighted by Gasteiger charge is -2.72. The van der Waals surface area contributed by atoms with Crippen LogP contribution in [0, 0.1) is 73.9 Å². The molecule has 0 amide bonds. The van der Waals surface area contributed by atoms with Gasteiger partial charge in [0.1, 0.15) is 17.8 Å². The van der Waals surface area contributed by atoms with E-state index in [9.17, 15) is 34.5 Å². The van der Waals surface area contributed by atoms with Gasteiger partial charge in [-0.2, -0.15) is 5.48 Å². The number of esters is 1. The van der Waals surface area contributed by atoms with Crippen molar-refractivity contribution in [3.05, 3.63) is 0 Å². The average Bonchev–Trinajstić information content (AvgIpc) is 3.46. The lowest BCUT2D eigenvalue weighted by atomic mass is 9.32. The van der Waals surface area contributed by atoms with Crippen molar-refractivity contribution >= 4 is 24.2 Å². The Hall–Kier alpha value is -2.08. The average molecular weight is 731 g/mol. The number of carbonyl (C=O) groups excluding carboxylic acids is 3. The Balaban J connectivity index is 1.11. The van der Waals surface area contributed by atoms with Crippen molar-refractivity contribution in [1.82, 2.24) is 10.8 Å². The third-order valence-electron chi connectivity index (χ3n) is 17.4. The van der Waals surface area contributed by atoms with Gasteiger partial charge in [0.05, 0.1) is 25.0 Å². The number of aliphatic hydroxyl groups excluding tert-OH is 2. The highest BCUT2D eigenvalue weighted by Gasteiger charge is 2.71. The van der Waals surface area contributed by atoms with Crippen LogP contribution in [0.1, 0.15) is 119 Å². The number of carboxylic acid groups (broad SMARTS) is 1. The van der Waals surface area contributed by atoms with Crippen LogP contribution in [0.15, 0.2) is 0 Å². The summed E-state index contributed by atoms with van der Waals surface area (Å²) in [5.41, 5.74) is 1.08. The van der Waals surface area contributed by atoms with Gasteiger partial charge in [-0.3, -0.25) is 9.59 Å². The first-order valence-electron chi connectivity index (χ1n) is 20.2. The Morgan fingerprint density at radius 3 is 2.15 bits per heavy atom. The Labute approximate surface area is 310 Å². The predicted molar refractivity (Wildman–Crippen MR) is 193 cm³/mol. The quantitative estimate of drug-likeness (QED) is 0.0800. The Kier molecular flexibility index (Phi) is 10.6. The number of ether oxygens (including phenoxy) is 1. The van der Waals surface area contributed by atoms with Gasteiger partial charge < -0.3 is 35.0 Å². The highest BCUT2D eigenvalue weighted by atomic mass is 16.7. The molecule has 13 atom stereocenters. The summed E-state index contributed by atoms with van der Waals surface area (Å²) in [6, 6.07) is 0.0627. The van der Waals surface area contributed by atoms with E-state index in [1.54, 1.807) is 0 Å². The molecule has 0 aromatic heterocycles. The van der Waals surface area contributed by atoms with Crippen LogP contribution in [0.25, 0.3) is 0 Å². The zero-order chi connectivity index (χ0) is 38.1. The number of nitrogens with one attached hydrogen (secondary N) is 2. The van der Waals surface area contributed by atoms with E-state index in [2.05, 4.69) is 45.4 Å². The fraction of sp³-hybridized carbons (Fsp3) is 0.902. The summed E-state index contributed by atoms with van der Waals surface area (Å²) < 4.78 is 6.31. The minimum Gasteiger partial charge on any atom is -0.481 e. The number of aliphatic hydroxyl groups is 2. The molecular formula is C41H66N2O9. The largest absolute Gasteiger partial charge is 0.481 e. The maximum absolute atomic E-state index is 13.3. The molecule has 0 radical (unpaired) electrons. The highest BCUT2D eigenvalue weighted by molar-refractivity contribution is 5.80. The molecule has 0 aromatic rings. The monoisotopic (exact) mass is 730 g/mol. The Morgan fingerprint density at radius 2 is 1.52 bits per heavy atom. The van der Waals surface area contributed by atoms with Crippen LogP contribution < -0.4 is 10.8 Å². The van der Waals surface area contributed by atoms with Gasteiger partial charge >= 0.3 is 17.9 Å². The van der Waals surface area contributed by atoms with Gasteiger partial charge in [-0.15, -0.1) is 0 Å². The van der Waals surface area contributed by atoms with Crippen molar-refractivity contribution in [3.8, 4) is 0 Å². The number of hydrogen-bond donors (Lipinski definition) is 5. The standard InChI is InChI=1S/C41H66N2O9/c1-24-25(33(47)48)20-26(24)34(49)51-32-13-14-38(5)29(36(32,2)3)12-15-40(7)30(38)10-8-27-28-9-11-31(41(28,23-46)17-16-39(27,40)6)42-18-19-43-52-35(50)37(4,21-44)22-45/h23-32,42-45H,8-22H2,1-7H3,(H,47,48). The first kappa shape index (κ1) is 39.6. The van der Waals surface area contributed by atoms with Crippen LogP contribution in [0.5, 0.6) is 0 Å². The van der Waals surface area contributed by atoms with Gasteiger partial charge in [0.15, 0.2) is 0 Å². The molecular weight excluding hydrogens is 664 g/mol. The SMILES string of the molecule is CC1C(C(=O)O)CC1C(=O)OC1CCC2(C)C(CCC3(C)C2CCC2C4CCC(NCCNOC(=O)C(C)(CO)CO)C4(C=O)CCC23C)C1(C)C. The van der Waals surface area contributed by atoms with Gasteiger partial charge in [-0.25, -0.2) is 4.79 Å². The van der Waals surface area contributed by atoms with Crippen molar-refractivity contribution in [2.45, 2.75) is 131 Å². The third-order valence-corrected chi connectivity index (χ3v) is 17.4. The van der Waals surface area contributed by atoms with E-state index >= 15 is 0 Å². The molecule has 0 spiro atoms. The molecule has 6 rings (SSSR count). The molecule has 5 N–H and O–H groups in total. The second kappa shape index (κ2) is 13.9. The predicted octanol–water partition coefficient (Wildman–Crippen LogP) is 4.92. The lowest BCUT2D eigenvalue weighted by Crippen LogP contribution is -2.67. The van der Waals surface area contributed by atoms with Crippen LogP contribution in [0.3, 0.4) is 0 Å². The Bertz CT molecular complexity index is 1400. The van der Waals surface area contributed by atoms with Crippen LogP contribution in [-0.4, -0.2) is 78.0 Å². The zero-order valence-corrected chi connectivity index (χ0v) is 32.7. The fourth-order valence-corrected chi connectivity index (χ4v) is 13.7. The van der Waals surface area contributed by atoms with E-state index in [1.807, 2.05) is 6.92 Å². The second-order valence-electron chi connectivity index (χ2n) is 19.7. The summed E-state index contributed by atoms with van der Waals surface area (Å²) in [6.07, 6.45) is 11.7. The van der Waals surface area contributed by atoms with Crippen molar-refractivity contribution in [1.29, 1.82) is 0 Å². The molecule has 6 fully saturated rings. The number of aldehydes is 1. The zero-order valence-electron chi connectivity index (χ0n) is 32.7. The molecule has 294 valence electrons. The minimum absolute atomic E-state index is 0.0627. The fourth-order valence-electron chi connectivity index (χ4n) is 13.7. The molecule has 52 heavy (non-hydrogen) atoms. The first-order chi connectivity index (χ1) is 24.4. The van der Waals surface area contributed by atoms with E-state index < -0.39 is 41.9 Å². The van der Waals surface area contributed by atoms with Crippen LogP contribution in [0.2, 0.25) is 0 Å². The van der Waals surface area contributed by atoms with Gasteiger partial charge in [-0.05, 0) is 123 Å². The summed E-state index contributed by atoms with van der Waals surface area (Å²) >= 11 is 0. The molecule has 0 heterocycles. The van der Waals surface area contributed by atoms with E-state index in [1.165, 1.54) is 13.2 Å². The van der Waals surface area contributed by atoms with Crippen molar-refractivity contribution < 1.29 is 44.1 Å². The molecule has 6 aliphatic carbocycles. The number of rotatable bonds is 12. The van der Waals surface area contributed by atoms with E-state index in [4.69, 9.17) is 9.57 Å². The molecule has 6 aliphatic rings. The topological polar surface area (TPSA) is 171 Å². The summed E-state index contributed by atoms with van der Waals surface area (Å²) in [7, 11) is 0. The van der Waals surface area contributed by atoms with Gasteiger partial charge in [0.25, 0.3) is 0 Å². The first-order valence-corrected chi connectivity index (χ1v) is 20.2. The van der Waals surface area contributed by atoms with E-state index in [0.717, 1.165) is 64.2 Å². The number of hydroxylamine groups is 1. The van der Waals surface area contributed by atoms with Crippen LogP contribution in [-0.2, 0) is 28.8 Å². The van der Waals surface area contributed by atoms with Crippen molar-refractivity contribution in [2.75, 3.05) is 26.3 Å². The molecule has 6 saturated carbocycles. The number of aliphatic carboxylic acids is 1. The molecule has 0 saturated heterocycles. The van der Waals surface area contributed by atoms with Gasteiger partial charge in [0, 0.05) is 30.0 Å². The number of carbonyl (C=O) groups is 4. The minimum atomic E-state index is -1.36. The highest BCUT2D eigenvalue weighted by Crippen LogP contribution is 2.76. The number of carboxylic acids is 1. The van der Waals surface area contributed by atoms with Crippen LogP contribution in [0.4, 0.5) is 0 Å². The van der Waals surface area contributed by atoms with Gasteiger partial charge in [0.2, 0.25) is 0 Å². The Morgan fingerprint density at radius 1 is 0.827 bits per heavy atom. The second-order valence-corrected chi connectivity index (χ2v) is 19.7. The molecule has 0 aliphatic heterocycles. The van der Waals surface area contributed by atoms with Crippen LogP contribution >= 0.6 is 0 Å². The van der Waals surface area contributed by atoms with E-state index in [0.29, 0.717) is 43.2 Å². The normalized spacial score (nSPS) is 44.9. The number of hydrogen-bond acceptors (Lipinski definition) is 10. The maximum Gasteiger partial charge on any atom is 0.335 e. The molecule has 0 aromatic carbocycles. The molecule has 0 bridgehead atoms. The third kappa shape index (κ3) is 5.80. The number of fused-ring (bicyclic) bond motifs is 7. The van der Waals surface area contributed by atoms with Gasteiger partial charge in [-0.1, -0.05) is 41.5 Å². The lowest BCUT2D eigenvalue weighted by molar-refractivity contribution is -0.248. The summed E-state index contributed by atoms with van der Waals surface area (Å²) in [4.78, 5) is 55.4. The van der Waals surface area contributed by atoms with Crippen molar-refractivity contribution in [3.63, 3.8) is 0 Å². The van der Waals surface area contributed by atoms with E-state index in [-0.39, 0.29) is 51.6 Å². The molecule has 11 heteroatoms.